The van der Waals surface area contributed by atoms with E-state index in [1.54, 1.807) is 0 Å². The smallest absolute Gasteiger partial charge is 0.288 e. The number of hydrogen-bond donors (Lipinski definition) is 1. The summed E-state index contributed by atoms with van der Waals surface area (Å²) in [6.45, 7) is 2.29. The highest BCUT2D eigenvalue weighted by Gasteiger charge is 2.45. The van der Waals surface area contributed by atoms with Crippen LogP contribution in [-0.4, -0.2) is 29.7 Å². The first-order valence-corrected chi connectivity index (χ1v) is 7.58. The van der Waals surface area contributed by atoms with Gasteiger partial charge in [0.1, 0.15) is 6.04 Å². The number of carbonyl (C=O) groups excluding carboxylic acids is 1. The van der Waals surface area contributed by atoms with Crippen LogP contribution in [0, 0.1) is 0 Å². The summed E-state index contributed by atoms with van der Waals surface area (Å²) in [5, 5.41) is 1.05. The Bertz CT molecular complexity index is 295. The van der Waals surface area contributed by atoms with Gasteiger partial charge in [-0.3, -0.25) is 10.2 Å². The summed E-state index contributed by atoms with van der Waals surface area (Å²) in [5.74, 6) is -0.321. The largest absolute Gasteiger partial charge is 0.405 e. The zero-order valence-electron chi connectivity index (χ0n) is 12.1. The third-order valence-electron chi connectivity index (χ3n) is 3.68. The molecule has 1 aliphatic rings. The molecule has 20 heavy (non-hydrogen) atoms. The van der Waals surface area contributed by atoms with Gasteiger partial charge in [0, 0.05) is 13.0 Å². The molecule has 0 bridgehead atoms. The predicted octanol–water partition coefficient (Wildman–Crippen LogP) is 3.79. The van der Waals surface area contributed by atoms with Crippen molar-refractivity contribution >= 4 is 5.91 Å². The van der Waals surface area contributed by atoms with E-state index < -0.39 is 12.2 Å². The maximum atomic E-state index is 13.0. The molecule has 0 radical (unpaired) electrons. The SMILES string of the molecule is CCCCCCCCCC(N1CCC(=O)N1)C(F)(F)F. The Morgan fingerprint density at radius 2 is 1.75 bits per heavy atom. The number of halogens is 3. The molecule has 3 nitrogen and oxygen atoms in total. The first-order valence-electron chi connectivity index (χ1n) is 7.58. The molecular formula is C14H25F3N2O. The number of nitrogens with one attached hydrogen (secondary N) is 1. The molecule has 1 aliphatic heterocycles. The van der Waals surface area contributed by atoms with Crippen molar-refractivity contribution in [2.24, 2.45) is 0 Å². The van der Waals surface area contributed by atoms with Gasteiger partial charge in [0.2, 0.25) is 5.91 Å². The Labute approximate surface area is 118 Å². The van der Waals surface area contributed by atoms with E-state index in [-0.39, 0.29) is 25.3 Å². The third kappa shape index (κ3) is 6.11. The van der Waals surface area contributed by atoms with Crippen LogP contribution in [0.1, 0.15) is 64.7 Å². The molecule has 0 aliphatic carbocycles. The van der Waals surface area contributed by atoms with E-state index in [1.165, 1.54) is 19.3 Å². The molecule has 1 unspecified atom stereocenters. The molecule has 0 spiro atoms. The number of carbonyl (C=O) groups is 1. The highest BCUT2D eigenvalue weighted by atomic mass is 19.4. The second-order valence-corrected chi connectivity index (χ2v) is 5.45. The summed E-state index contributed by atoms with van der Waals surface area (Å²) in [7, 11) is 0. The lowest BCUT2D eigenvalue weighted by atomic mass is 10.0. The van der Waals surface area contributed by atoms with Crippen LogP contribution in [0.4, 0.5) is 13.2 Å². The monoisotopic (exact) mass is 294 g/mol. The molecule has 1 fully saturated rings. The topological polar surface area (TPSA) is 32.3 Å². The Balaban J connectivity index is 2.26. The van der Waals surface area contributed by atoms with Crippen molar-refractivity contribution < 1.29 is 18.0 Å². The molecule has 1 N–H and O–H groups in total. The second-order valence-electron chi connectivity index (χ2n) is 5.45. The van der Waals surface area contributed by atoms with E-state index in [0.29, 0.717) is 6.42 Å². The van der Waals surface area contributed by atoms with Crippen LogP contribution in [0.15, 0.2) is 0 Å². The number of unbranched alkanes of at least 4 members (excludes halogenated alkanes) is 6. The van der Waals surface area contributed by atoms with Crippen molar-refractivity contribution in [3.8, 4) is 0 Å². The average Bonchev–Trinajstić information content (AvgIpc) is 2.77. The predicted molar refractivity (Wildman–Crippen MR) is 71.9 cm³/mol. The normalized spacial score (nSPS) is 18.3. The fourth-order valence-corrected chi connectivity index (χ4v) is 2.52. The van der Waals surface area contributed by atoms with Gasteiger partial charge in [-0.25, -0.2) is 5.01 Å². The number of hydrogen-bond acceptors (Lipinski definition) is 2. The summed E-state index contributed by atoms with van der Waals surface area (Å²) in [5.41, 5.74) is 2.30. The molecule has 0 aromatic carbocycles. The molecule has 1 heterocycles. The standard InChI is InChI=1S/C14H25F3N2O/c1-2-3-4-5-6-7-8-9-12(14(15,16)17)19-11-10-13(20)18-19/h12H,2-11H2,1H3,(H,18,20). The lowest BCUT2D eigenvalue weighted by molar-refractivity contribution is -0.190. The Hall–Kier alpha value is -0.780. The summed E-state index contributed by atoms with van der Waals surface area (Å²) < 4.78 is 38.9. The minimum Gasteiger partial charge on any atom is -0.288 e. The van der Waals surface area contributed by atoms with E-state index in [2.05, 4.69) is 12.3 Å². The van der Waals surface area contributed by atoms with E-state index in [9.17, 15) is 18.0 Å². The Morgan fingerprint density at radius 1 is 1.15 bits per heavy atom. The number of nitrogens with zero attached hydrogens (tertiary/aromatic N) is 1. The van der Waals surface area contributed by atoms with Crippen LogP contribution >= 0.6 is 0 Å². The van der Waals surface area contributed by atoms with E-state index in [0.717, 1.165) is 24.3 Å². The fourth-order valence-electron chi connectivity index (χ4n) is 2.52. The molecule has 0 saturated carbocycles. The Morgan fingerprint density at radius 3 is 2.25 bits per heavy atom. The van der Waals surface area contributed by atoms with Gasteiger partial charge >= 0.3 is 6.18 Å². The summed E-state index contributed by atoms with van der Waals surface area (Å²) >= 11 is 0. The average molecular weight is 294 g/mol. The van der Waals surface area contributed by atoms with Gasteiger partial charge in [0.05, 0.1) is 0 Å². The van der Waals surface area contributed by atoms with Gasteiger partial charge in [0.25, 0.3) is 0 Å². The zero-order chi connectivity index (χ0) is 15.0. The number of alkyl halides is 3. The number of hydrazine groups is 1. The zero-order valence-corrected chi connectivity index (χ0v) is 12.1. The maximum Gasteiger partial charge on any atom is 0.405 e. The first-order chi connectivity index (χ1) is 9.45. The van der Waals surface area contributed by atoms with Crippen molar-refractivity contribution in [3.05, 3.63) is 0 Å². The van der Waals surface area contributed by atoms with Gasteiger partial charge in [-0.15, -0.1) is 0 Å². The molecule has 1 saturated heterocycles. The lowest BCUT2D eigenvalue weighted by Crippen LogP contribution is -2.49. The highest BCUT2D eigenvalue weighted by molar-refractivity contribution is 5.77. The van der Waals surface area contributed by atoms with E-state index in [4.69, 9.17) is 0 Å². The van der Waals surface area contributed by atoms with Crippen molar-refractivity contribution in [1.29, 1.82) is 0 Å². The molecule has 1 rings (SSSR count). The number of rotatable bonds is 9. The molecule has 118 valence electrons. The van der Waals surface area contributed by atoms with Crippen LogP contribution in [0.25, 0.3) is 0 Å². The highest BCUT2D eigenvalue weighted by Crippen LogP contribution is 2.29. The third-order valence-corrected chi connectivity index (χ3v) is 3.68. The van der Waals surface area contributed by atoms with Crippen LogP contribution in [0.5, 0.6) is 0 Å². The fraction of sp³-hybridized carbons (Fsp3) is 0.929. The quantitative estimate of drug-likeness (QED) is 0.656. The van der Waals surface area contributed by atoms with E-state index in [1.807, 2.05) is 0 Å². The molecule has 0 aromatic rings. The van der Waals surface area contributed by atoms with Crippen LogP contribution < -0.4 is 5.43 Å². The van der Waals surface area contributed by atoms with E-state index >= 15 is 0 Å². The van der Waals surface area contributed by atoms with Crippen LogP contribution in [0.3, 0.4) is 0 Å². The molecule has 0 aromatic heterocycles. The lowest BCUT2D eigenvalue weighted by Gasteiger charge is -2.28. The van der Waals surface area contributed by atoms with Gasteiger partial charge in [-0.05, 0) is 6.42 Å². The first kappa shape index (κ1) is 17.3. The van der Waals surface area contributed by atoms with Gasteiger partial charge in [-0.2, -0.15) is 13.2 Å². The molecule has 6 heteroatoms. The van der Waals surface area contributed by atoms with Crippen LogP contribution in [-0.2, 0) is 4.79 Å². The summed E-state index contributed by atoms with van der Waals surface area (Å²) in [4.78, 5) is 11.0. The minimum absolute atomic E-state index is 0.0670. The van der Waals surface area contributed by atoms with Gasteiger partial charge in [-0.1, -0.05) is 51.9 Å². The summed E-state index contributed by atoms with van der Waals surface area (Å²) in [6, 6.07) is -1.54. The summed E-state index contributed by atoms with van der Waals surface area (Å²) in [6.07, 6.45) is 2.97. The van der Waals surface area contributed by atoms with Gasteiger partial charge in [0.15, 0.2) is 0 Å². The maximum absolute atomic E-state index is 13.0. The minimum atomic E-state index is -4.28. The van der Waals surface area contributed by atoms with Crippen LogP contribution in [0.2, 0.25) is 0 Å². The van der Waals surface area contributed by atoms with Gasteiger partial charge < -0.3 is 0 Å². The van der Waals surface area contributed by atoms with Crippen molar-refractivity contribution in [1.82, 2.24) is 10.4 Å². The molecular weight excluding hydrogens is 269 g/mol. The molecule has 1 atom stereocenters. The van der Waals surface area contributed by atoms with Crippen molar-refractivity contribution in [3.63, 3.8) is 0 Å². The van der Waals surface area contributed by atoms with Crippen molar-refractivity contribution in [2.45, 2.75) is 76.9 Å². The number of amides is 1. The molecule has 1 amide bonds. The second kappa shape index (κ2) is 8.49. The van der Waals surface area contributed by atoms with Crippen molar-refractivity contribution in [2.75, 3.05) is 6.54 Å². The Kier molecular flexibility index (Phi) is 7.34.